The number of ketones is 1. The van der Waals surface area contributed by atoms with E-state index in [0.717, 1.165) is 38.2 Å². The number of carbonyl (C=O) groups is 3. The van der Waals surface area contributed by atoms with Gasteiger partial charge in [-0.1, -0.05) is 48.7 Å². The molecule has 13 nitrogen and oxygen atoms in total. The quantitative estimate of drug-likeness (QED) is 0.0350. The summed E-state index contributed by atoms with van der Waals surface area (Å²) in [4.78, 5) is 40.8. The van der Waals surface area contributed by atoms with Crippen molar-refractivity contribution < 1.29 is 40.7 Å². The van der Waals surface area contributed by atoms with Crippen LogP contribution in [0.15, 0.2) is 81.9 Å². The van der Waals surface area contributed by atoms with Crippen molar-refractivity contribution in [2.24, 2.45) is 10.2 Å². The fraction of sp³-hybridized carbons (Fsp3) is 0.289. The molecule has 0 saturated heterocycles. The maximum atomic E-state index is 13.9. The lowest BCUT2D eigenvalue weighted by Gasteiger charge is -2.19. The molecule has 0 bridgehead atoms. The van der Waals surface area contributed by atoms with Crippen LogP contribution in [0, 0.1) is 6.92 Å². The summed E-state index contributed by atoms with van der Waals surface area (Å²) in [5.74, 6) is -3.14. The second kappa shape index (κ2) is 19.8. The van der Waals surface area contributed by atoms with Gasteiger partial charge in [-0.3, -0.25) is 14.4 Å². The minimum absolute atomic E-state index is 0.0459. The molecule has 2 amide bonds. The molecule has 0 radical (unpaired) electrons. The number of ether oxygens (including phenoxy) is 1. The summed E-state index contributed by atoms with van der Waals surface area (Å²) in [6, 6.07) is 10.8. The van der Waals surface area contributed by atoms with Gasteiger partial charge in [0.2, 0.25) is 16.1 Å². The van der Waals surface area contributed by atoms with E-state index in [-0.39, 0.29) is 55.7 Å². The fourth-order valence-electron chi connectivity index (χ4n) is 5.32. The maximum Gasteiger partial charge on any atom is 0.416 e. The fourth-order valence-corrected chi connectivity index (χ4v) is 7.10. The van der Waals surface area contributed by atoms with Crippen LogP contribution in [-0.4, -0.2) is 63.1 Å². The summed E-state index contributed by atoms with van der Waals surface area (Å²) in [5.41, 5.74) is 4.93. The number of anilines is 3. The van der Waals surface area contributed by atoms with Crippen LogP contribution >= 0.6 is 34.8 Å². The molecule has 4 aromatic carbocycles. The second-order valence-electron chi connectivity index (χ2n) is 12.7. The Morgan fingerprint density at radius 1 is 0.897 bits per heavy atom. The molecule has 0 aliphatic rings. The Morgan fingerprint density at radius 3 is 2.24 bits per heavy atom. The van der Waals surface area contributed by atoms with Crippen molar-refractivity contribution in [1.82, 2.24) is 9.62 Å². The Labute approximate surface area is 348 Å². The van der Waals surface area contributed by atoms with E-state index >= 15 is 0 Å². The van der Waals surface area contributed by atoms with Crippen LogP contribution in [0.1, 0.15) is 48.7 Å². The maximum absolute atomic E-state index is 13.9. The third-order valence-corrected chi connectivity index (χ3v) is 10.9. The van der Waals surface area contributed by atoms with E-state index in [2.05, 4.69) is 30.5 Å². The van der Waals surface area contributed by atoms with Gasteiger partial charge in [0.25, 0.3) is 11.8 Å². The van der Waals surface area contributed by atoms with E-state index in [1.54, 1.807) is 6.92 Å². The monoisotopic (exact) mass is 883 g/mol. The zero-order chi connectivity index (χ0) is 42.9. The minimum Gasteiger partial charge on any atom is -0.454 e. The number of aryl methyl sites for hydroxylation is 1. The van der Waals surface area contributed by atoms with Gasteiger partial charge in [-0.15, -0.1) is 0 Å². The highest BCUT2D eigenvalue weighted by atomic mass is 35.5. The molecular formula is C38H39Cl3F3N7O6S. The van der Waals surface area contributed by atoms with Crippen molar-refractivity contribution in [3.8, 4) is 11.5 Å². The van der Waals surface area contributed by atoms with Crippen LogP contribution in [0.2, 0.25) is 15.1 Å². The topological polar surface area (TPSA) is 185 Å². The molecule has 0 heterocycles. The third-order valence-electron chi connectivity index (χ3n) is 8.53. The van der Waals surface area contributed by atoms with Gasteiger partial charge in [0.1, 0.15) is 16.3 Å². The van der Waals surface area contributed by atoms with E-state index < -0.39 is 56.0 Å². The van der Waals surface area contributed by atoms with Crippen molar-refractivity contribution in [2.75, 3.05) is 42.5 Å². The predicted molar refractivity (Wildman–Crippen MR) is 218 cm³/mol. The highest BCUT2D eigenvalue weighted by Crippen LogP contribution is 2.39. The van der Waals surface area contributed by atoms with Gasteiger partial charge >= 0.3 is 6.18 Å². The normalized spacial score (nSPS) is 12.5. The molecule has 0 fully saturated rings. The Hall–Kier alpha value is -4.78. The molecule has 0 aromatic heterocycles. The first-order valence-corrected chi connectivity index (χ1v) is 20.1. The zero-order valence-electron chi connectivity index (χ0n) is 31.5. The number of carbonyl (C=O) groups excluding carboxylic acids is 3. The largest absolute Gasteiger partial charge is 0.454 e. The van der Waals surface area contributed by atoms with Gasteiger partial charge in [0.05, 0.1) is 27.0 Å². The smallest absolute Gasteiger partial charge is 0.416 e. The van der Waals surface area contributed by atoms with Crippen molar-refractivity contribution in [3.63, 3.8) is 0 Å². The van der Waals surface area contributed by atoms with Gasteiger partial charge in [0.15, 0.2) is 11.5 Å². The number of amides is 2. The van der Waals surface area contributed by atoms with Crippen LogP contribution < -0.4 is 25.8 Å². The van der Waals surface area contributed by atoms with Crippen molar-refractivity contribution in [3.05, 3.63) is 98.5 Å². The average molecular weight is 885 g/mol. The Balaban J connectivity index is 1.62. The van der Waals surface area contributed by atoms with Crippen LogP contribution in [-0.2, 0) is 25.8 Å². The summed E-state index contributed by atoms with van der Waals surface area (Å²) in [5, 5.41) is 12.9. The summed E-state index contributed by atoms with van der Waals surface area (Å²) in [7, 11) is -4.24. The summed E-state index contributed by atoms with van der Waals surface area (Å²) < 4.78 is 76.8. The van der Waals surface area contributed by atoms with E-state index in [1.807, 2.05) is 13.8 Å². The van der Waals surface area contributed by atoms with Crippen LogP contribution in [0.5, 0.6) is 11.5 Å². The van der Waals surface area contributed by atoms with Crippen LogP contribution in [0.4, 0.5) is 35.9 Å². The van der Waals surface area contributed by atoms with Gasteiger partial charge in [0, 0.05) is 22.8 Å². The third kappa shape index (κ3) is 12.1. The number of nitrogens with one attached hydrogen (secondary N) is 3. The molecule has 1 atom stereocenters. The summed E-state index contributed by atoms with van der Waals surface area (Å²) in [6.45, 7) is 9.03. The number of hydrogen-bond acceptors (Lipinski definition) is 10. The minimum atomic E-state index is -4.84. The molecule has 4 rings (SSSR count). The molecule has 0 aliphatic heterocycles. The van der Waals surface area contributed by atoms with Gasteiger partial charge in [-0.25, -0.2) is 13.1 Å². The number of nitrogens with zero attached hydrogens (tertiary/aromatic N) is 3. The molecule has 0 aliphatic carbocycles. The SMILES string of the molecule is CCN(CC)CCCNS(=O)(=O)c1cc(Cl)ccc1Oc1ccc(C(F)(F)F)cc1NC(=O)c1ccc(Cl)c(N=NC(C(C)=O)C(=O)Nc2cc(Cl)c(N)cc2C)c1. The number of nitrogen functional groups attached to an aromatic ring is 1. The summed E-state index contributed by atoms with van der Waals surface area (Å²) in [6.07, 6.45) is -4.35. The Kier molecular flexibility index (Phi) is 15.7. The molecule has 5 N–H and O–H groups in total. The van der Waals surface area contributed by atoms with Gasteiger partial charge in [-0.2, -0.15) is 23.4 Å². The van der Waals surface area contributed by atoms with Gasteiger partial charge < -0.3 is 26.0 Å². The van der Waals surface area contributed by atoms with E-state index in [0.29, 0.717) is 30.7 Å². The highest BCUT2D eigenvalue weighted by Gasteiger charge is 2.32. The lowest BCUT2D eigenvalue weighted by Crippen LogP contribution is -2.32. The first kappa shape index (κ1) is 45.9. The number of azo groups is 1. The highest BCUT2D eigenvalue weighted by molar-refractivity contribution is 7.89. The molecule has 20 heteroatoms. The zero-order valence-corrected chi connectivity index (χ0v) is 34.6. The Morgan fingerprint density at radius 2 is 1.59 bits per heavy atom. The number of halogens is 6. The second-order valence-corrected chi connectivity index (χ2v) is 15.7. The number of benzene rings is 4. The molecular weight excluding hydrogens is 846 g/mol. The standard InChI is InChI=1S/C38H39Cl3F3N7O6S/c1-5-51(6-2)15-7-14-46-58(55,56)34-19-25(39)10-13-33(34)57-32-12-9-24(38(42,43)44)18-31(32)48-36(53)23-8-11-26(40)30(17-23)49-50-35(22(4)52)37(54)47-29-20-27(41)28(45)16-21(29)3/h8-13,16-20,35,46H,5-7,14-15,45H2,1-4H3,(H,47,54)(H,48,53). The van der Waals surface area contributed by atoms with Gasteiger partial charge in [-0.05, 0) is 112 Å². The van der Waals surface area contributed by atoms with E-state index in [9.17, 15) is 36.0 Å². The molecule has 0 spiro atoms. The molecule has 58 heavy (non-hydrogen) atoms. The number of nitrogens with two attached hydrogens (primary N) is 1. The van der Waals surface area contributed by atoms with E-state index in [1.165, 1.54) is 36.4 Å². The molecule has 4 aromatic rings. The van der Waals surface area contributed by atoms with Crippen molar-refractivity contribution in [2.45, 2.75) is 51.2 Å². The van der Waals surface area contributed by atoms with Crippen LogP contribution in [0.25, 0.3) is 0 Å². The Bertz CT molecular complexity index is 2330. The first-order valence-electron chi connectivity index (χ1n) is 17.5. The number of sulfonamides is 1. The van der Waals surface area contributed by atoms with Crippen molar-refractivity contribution >= 4 is 85.2 Å². The molecule has 310 valence electrons. The first-order chi connectivity index (χ1) is 27.2. The number of rotatable bonds is 17. The number of hydrogen-bond donors (Lipinski definition) is 4. The van der Waals surface area contributed by atoms with E-state index in [4.69, 9.17) is 45.3 Å². The number of alkyl halides is 3. The lowest BCUT2D eigenvalue weighted by atomic mass is 10.1. The lowest BCUT2D eigenvalue weighted by molar-refractivity contribution is -0.137. The molecule has 1 unspecified atom stereocenters. The van der Waals surface area contributed by atoms with Crippen molar-refractivity contribution in [1.29, 1.82) is 0 Å². The predicted octanol–water partition coefficient (Wildman–Crippen LogP) is 9.29. The number of Topliss-reactive ketones (excluding diaryl/α,β-unsaturated/α-hetero) is 1. The van der Waals surface area contributed by atoms with Crippen LogP contribution in [0.3, 0.4) is 0 Å². The summed E-state index contributed by atoms with van der Waals surface area (Å²) >= 11 is 18.5. The molecule has 0 saturated carbocycles. The average Bonchev–Trinajstić information content (AvgIpc) is 3.15.